The molecule has 1 fully saturated rings. The number of hydrogen-bond acceptors (Lipinski definition) is 1. The fourth-order valence-electron chi connectivity index (χ4n) is 1.94. The van der Waals surface area contributed by atoms with E-state index in [1.54, 1.807) is 0 Å². The highest BCUT2D eigenvalue weighted by molar-refractivity contribution is 5.81. The van der Waals surface area contributed by atoms with Crippen LogP contribution in [-0.2, 0) is 4.79 Å². The van der Waals surface area contributed by atoms with Crippen LogP contribution in [0, 0.1) is 12.8 Å². The Balaban J connectivity index is 2.21. The van der Waals surface area contributed by atoms with Crippen molar-refractivity contribution in [3.63, 3.8) is 0 Å². The van der Waals surface area contributed by atoms with Crippen molar-refractivity contribution < 1.29 is 4.79 Å². The Kier molecular flexibility index (Phi) is 2.28. The summed E-state index contributed by atoms with van der Waals surface area (Å²) in [5, 5.41) is 3.01. The van der Waals surface area contributed by atoms with Crippen LogP contribution in [0.4, 0.5) is 0 Å². The molecule has 74 valence electrons. The fourth-order valence-corrected chi connectivity index (χ4v) is 1.94. The van der Waals surface area contributed by atoms with Crippen molar-refractivity contribution in [1.29, 1.82) is 0 Å². The Hall–Kier alpha value is -1.31. The van der Waals surface area contributed by atoms with Gasteiger partial charge in [0.2, 0.25) is 5.91 Å². The van der Waals surface area contributed by atoms with Crippen LogP contribution in [0.15, 0.2) is 24.3 Å². The Morgan fingerprint density at radius 2 is 2.21 bits per heavy atom. The minimum absolute atomic E-state index is 0.153. The SMILES string of the molecule is Cc1cccc([C@H]2C[C@H](C)C(=O)N2)c1. The number of aryl methyl sites for hydroxylation is 1. The number of hydrogen-bond donors (Lipinski definition) is 1. The van der Waals surface area contributed by atoms with Gasteiger partial charge < -0.3 is 5.32 Å². The lowest BCUT2D eigenvalue weighted by molar-refractivity contribution is -0.122. The van der Waals surface area contributed by atoms with Gasteiger partial charge in [0.15, 0.2) is 0 Å². The number of benzene rings is 1. The zero-order valence-corrected chi connectivity index (χ0v) is 8.58. The van der Waals surface area contributed by atoms with Gasteiger partial charge in [-0.2, -0.15) is 0 Å². The Morgan fingerprint density at radius 1 is 1.43 bits per heavy atom. The predicted molar refractivity (Wildman–Crippen MR) is 55.8 cm³/mol. The molecule has 0 aliphatic carbocycles. The summed E-state index contributed by atoms with van der Waals surface area (Å²) in [5.41, 5.74) is 2.47. The summed E-state index contributed by atoms with van der Waals surface area (Å²) in [6, 6.07) is 8.56. The van der Waals surface area contributed by atoms with E-state index in [9.17, 15) is 4.79 Å². The molecule has 14 heavy (non-hydrogen) atoms. The maximum Gasteiger partial charge on any atom is 0.223 e. The van der Waals surface area contributed by atoms with E-state index in [4.69, 9.17) is 0 Å². The molecule has 1 N–H and O–H groups in total. The zero-order valence-electron chi connectivity index (χ0n) is 8.58. The fraction of sp³-hybridized carbons (Fsp3) is 0.417. The van der Waals surface area contributed by atoms with Crippen molar-refractivity contribution in [2.24, 2.45) is 5.92 Å². The molecule has 1 aromatic carbocycles. The summed E-state index contributed by atoms with van der Waals surface area (Å²) in [6.07, 6.45) is 0.919. The molecule has 1 saturated heterocycles. The first-order chi connectivity index (χ1) is 6.66. The lowest BCUT2D eigenvalue weighted by atomic mass is 10.00. The van der Waals surface area contributed by atoms with Gasteiger partial charge in [-0.25, -0.2) is 0 Å². The van der Waals surface area contributed by atoms with Gasteiger partial charge in [0.25, 0.3) is 0 Å². The summed E-state index contributed by atoms with van der Waals surface area (Å²) in [6.45, 7) is 4.05. The highest BCUT2D eigenvalue weighted by Gasteiger charge is 2.28. The maximum absolute atomic E-state index is 11.3. The number of nitrogens with one attached hydrogen (secondary N) is 1. The minimum atomic E-state index is 0.153. The van der Waals surface area contributed by atoms with Gasteiger partial charge in [-0.1, -0.05) is 36.8 Å². The summed E-state index contributed by atoms with van der Waals surface area (Å²) >= 11 is 0. The minimum Gasteiger partial charge on any atom is -0.349 e. The summed E-state index contributed by atoms with van der Waals surface area (Å²) in [7, 11) is 0. The maximum atomic E-state index is 11.3. The van der Waals surface area contributed by atoms with Crippen molar-refractivity contribution in [3.05, 3.63) is 35.4 Å². The molecule has 0 unspecified atom stereocenters. The third-order valence-electron chi connectivity index (χ3n) is 2.80. The van der Waals surface area contributed by atoms with Crippen molar-refractivity contribution in [2.75, 3.05) is 0 Å². The molecule has 2 nitrogen and oxygen atoms in total. The van der Waals surface area contributed by atoms with E-state index in [0.717, 1.165) is 6.42 Å². The molecular formula is C12H15NO. The van der Waals surface area contributed by atoms with Crippen LogP contribution in [0.1, 0.15) is 30.5 Å². The second kappa shape index (κ2) is 3.45. The Bertz CT molecular complexity index is 359. The van der Waals surface area contributed by atoms with Crippen LogP contribution < -0.4 is 5.32 Å². The first kappa shape index (κ1) is 9.25. The number of carbonyl (C=O) groups is 1. The number of rotatable bonds is 1. The van der Waals surface area contributed by atoms with Crippen molar-refractivity contribution in [1.82, 2.24) is 5.32 Å². The van der Waals surface area contributed by atoms with E-state index in [1.165, 1.54) is 11.1 Å². The highest BCUT2D eigenvalue weighted by Crippen LogP contribution is 2.27. The molecule has 1 aromatic rings. The molecule has 1 heterocycles. The van der Waals surface area contributed by atoms with E-state index >= 15 is 0 Å². The van der Waals surface area contributed by atoms with Crippen LogP contribution in [0.3, 0.4) is 0 Å². The average molecular weight is 189 g/mol. The average Bonchev–Trinajstić information content (AvgIpc) is 2.47. The molecule has 1 aliphatic heterocycles. The van der Waals surface area contributed by atoms with E-state index in [0.29, 0.717) is 0 Å². The normalized spacial score (nSPS) is 26.3. The first-order valence-electron chi connectivity index (χ1n) is 5.04. The summed E-state index contributed by atoms with van der Waals surface area (Å²) < 4.78 is 0. The molecule has 2 rings (SSSR count). The molecule has 0 radical (unpaired) electrons. The lowest BCUT2D eigenvalue weighted by Crippen LogP contribution is -2.20. The van der Waals surface area contributed by atoms with Gasteiger partial charge in [0.1, 0.15) is 0 Å². The second-order valence-electron chi connectivity index (χ2n) is 4.11. The van der Waals surface area contributed by atoms with Crippen LogP contribution in [-0.4, -0.2) is 5.91 Å². The molecule has 2 heteroatoms. The van der Waals surface area contributed by atoms with Gasteiger partial charge in [0.05, 0.1) is 6.04 Å². The standard InChI is InChI=1S/C12H15NO/c1-8-4-3-5-10(6-8)11-7-9(2)12(14)13-11/h3-6,9,11H,7H2,1-2H3,(H,13,14)/t9-,11+/m0/s1. The van der Waals surface area contributed by atoms with E-state index in [2.05, 4.69) is 30.4 Å². The van der Waals surface area contributed by atoms with Gasteiger partial charge in [0, 0.05) is 5.92 Å². The zero-order chi connectivity index (χ0) is 10.1. The molecular weight excluding hydrogens is 174 g/mol. The quantitative estimate of drug-likeness (QED) is 0.721. The monoisotopic (exact) mass is 189 g/mol. The van der Waals surface area contributed by atoms with E-state index in [-0.39, 0.29) is 17.9 Å². The number of amides is 1. The highest BCUT2D eigenvalue weighted by atomic mass is 16.2. The molecule has 1 amide bonds. The largest absolute Gasteiger partial charge is 0.349 e. The van der Waals surface area contributed by atoms with Gasteiger partial charge in [-0.05, 0) is 18.9 Å². The Labute approximate surface area is 84.3 Å². The van der Waals surface area contributed by atoms with Gasteiger partial charge >= 0.3 is 0 Å². The van der Waals surface area contributed by atoms with Crippen LogP contribution in [0.25, 0.3) is 0 Å². The number of carbonyl (C=O) groups excluding carboxylic acids is 1. The Morgan fingerprint density at radius 3 is 2.79 bits per heavy atom. The van der Waals surface area contributed by atoms with Gasteiger partial charge in [-0.15, -0.1) is 0 Å². The molecule has 0 spiro atoms. The molecule has 0 aromatic heterocycles. The van der Waals surface area contributed by atoms with Crippen molar-refractivity contribution in [3.8, 4) is 0 Å². The third kappa shape index (κ3) is 1.65. The first-order valence-corrected chi connectivity index (χ1v) is 5.04. The van der Waals surface area contributed by atoms with Crippen LogP contribution in [0.2, 0.25) is 0 Å². The lowest BCUT2D eigenvalue weighted by Gasteiger charge is -2.10. The smallest absolute Gasteiger partial charge is 0.223 e. The molecule has 1 aliphatic rings. The summed E-state index contributed by atoms with van der Waals surface area (Å²) in [4.78, 5) is 11.3. The van der Waals surface area contributed by atoms with Crippen molar-refractivity contribution in [2.45, 2.75) is 26.3 Å². The third-order valence-corrected chi connectivity index (χ3v) is 2.80. The summed E-state index contributed by atoms with van der Waals surface area (Å²) in [5.74, 6) is 0.331. The topological polar surface area (TPSA) is 29.1 Å². The predicted octanol–water partition coefficient (Wildman–Crippen LogP) is 2.19. The molecule has 0 bridgehead atoms. The van der Waals surface area contributed by atoms with Crippen LogP contribution >= 0.6 is 0 Å². The van der Waals surface area contributed by atoms with Crippen LogP contribution in [0.5, 0.6) is 0 Å². The molecule has 0 saturated carbocycles. The van der Waals surface area contributed by atoms with Gasteiger partial charge in [-0.3, -0.25) is 4.79 Å². The van der Waals surface area contributed by atoms with E-state index in [1.807, 2.05) is 13.0 Å². The van der Waals surface area contributed by atoms with E-state index < -0.39 is 0 Å². The second-order valence-corrected chi connectivity index (χ2v) is 4.11. The van der Waals surface area contributed by atoms with Crippen molar-refractivity contribution >= 4 is 5.91 Å². The molecule has 2 atom stereocenters.